The lowest BCUT2D eigenvalue weighted by Gasteiger charge is -2.13. The van der Waals surface area contributed by atoms with Crippen molar-refractivity contribution < 1.29 is 32.4 Å². The van der Waals surface area contributed by atoms with Crippen LogP contribution < -0.4 is 5.32 Å². The van der Waals surface area contributed by atoms with Gasteiger partial charge in [0.2, 0.25) is 0 Å². The van der Waals surface area contributed by atoms with E-state index in [0.29, 0.717) is 31.4 Å². The molecule has 1 aliphatic heterocycles. The molecule has 1 aromatic carbocycles. The van der Waals surface area contributed by atoms with Gasteiger partial charge in [-0.3, -0.25) is 14.4 Å². The van der Waals surface area contributed by atoms with Crippen LogP contribution in [0.1, 0.15) is 60.2 Å². The third-order valence-corrected chi connectivity index (χ3v) is 9.81. The number of hydroxylamine groups is 2. The first kappa shape index (κ1) is 29.7. The van der Waals surface area contributed by atoms with Gasteiger partial charge < -0.3 is 10.2 Å². The molecule has 1 saturated heterocycles. The van der Waals surface area contributed by atoms with Crippen LogP contribution in [0.4, 0.5) is 0 Å². The van der Waals surface area contributed by atoms with Crippen LogP contribution in [0.2, 0.25) is 0 Å². The third-order valence-electron chi connectivity index (χ3n) is 5.67. The Morgan fingerprint density at radius 1 is 1.13 bits per heavy atom. The summed E-state index contributed by atoms with van der Waals surface area (Å²) in [5.41, 5.74) is 1.66. The van der Waals surface area contributed by atoms with Crippen molar-refractivity contribution in [3.63, 3.8) is 0 Å². The number of hydrogen-bond donors (Lipinski definition) is 1. The van der Waals surface area contributed by atoms with Gasteiger partial charge >= 0.3 is 5.97 Å². The molecule has 1 aromatic heterocycles. The first-order valence-corrected chi connectivity index (χ1v) is 16.1. The molecule has 3 amide bonds. The Labute approximate surface area is 229 Å². The number of imide groups is 1. The highest BCUT2D eigenvalue weighted by atomic mass is 33.1. The molecule has 13 heteroatoms. The number of sulfone groups is 1. The Bertz CT molecular complexity index is 1250. The zero-order valence-electron chi connectivity index (χ0n) is 21.0. The molecule has 2 unspecified atom stereocenters. The van der Waals surface area contributed by atoms with Gasteiger partial charge in [-0.15, -0.1) is 5.06 Å². The van der Waals surface area contributed by atoms with Crippen LogP contribution in [0.3, 0.4) is 0 Å². The van der Waals surface area contributed by atoms with E-state index in [1.807, 2.05) is 30.3 Å². The average Bonchev–Trinajstić information content (AvgIpc) is 3.18. The summed E-state index contributed by atoms with van der Waals surface area (Å²) in [5.74, 6) is -2.88. The van der Waals surface area contributed by atoms with Crippen LogP contribution in [-0.4, -0.2) is 60.2 Å². The van der Waals surface area contributed by atoms with Crippen LogP contribution in [-0.2, 0) is 29.1 Å². The van der Waals surface area contributed by atoms with Gasteiger partial charge in [-0.1, -0.05) is 35.4 Å². The summed E-state index contributed by atoms with van der Waals surface area (Å²) in [7, 11) is -0.472. The minimum absolute atomic E-state index is 0.0508. The Morgan fingerprint density at radius 2 is 1.87 bits per heavy atom. The lowest BCUT2D eigenvalue weighted by atomic mass is 10.1. The standard InChI is InChI=1S/C25H29N3O7S3/c1-17(36-37-21-8-5-7-14-26-21)18-10-12-19(13-11-18)24(31)27-15-6-3-4-9-23(30)35-28-22(29)16-20(25(28)32)38(2,33)34/h5,7-8,10-14,17,20H,3-4,6,9,15-16H2,1-2H3,(H,27,31). The molecule has 0 aliphatic carbocycles. The minimum atomic E-state index is -3.77. The summed E-state index contributed by atoms with van der Waals surface area (Å²) in [6, 6.07) is 13.2. The molecule has 0 bridgehead atoms. The van der Waals surface area contributed by atoms with Crippen LogP contribution in [0.15, 0.2) is 53.7 Å². The lowest BCUT2D eigenvalue weighted by Crippen LogP contribution is -2.36. The molecule has 2 heterocycles. The van der Waals surface area contributed by atoms with Gasteiger partial charge in [0.05, 0.1) is 6.42 Å². The summed E-state index contributed by atoms with van der Waals surface area (Å²) in [4.78, 5) is 57.3. The molecule has 38 heavy (non-hydrogen) atoms. The van der Waals surface area contributed by atoms with Gasteiger partial charge in [0.15, 0.2) is 15.1 Å². The molecule has 204 valence electrons. The Morgan fingerprint density at radius 3 is 2.50 bits per heavy atom. The zero-order chi connectivity index (χ0) is 27.7. The monoisotopic (exact) mass is 579 g/mol. The van der Waals surface area contributed by atoms with E-state index in [0.717, 1.165) is 16.8 Å². The van der Waals surface area contributed by atoms with Gasteiger partial charge in [0.25, 0.3) is 17.7 Å². The number of carbonyl (C=O) groups is 4. The molecule has 1 aliphatic rings. The van der Waals surface area contributed by atoms with E-state index in [1.54, 1.807) is 39.9 Å². The lowest BCUT2D eigenvalue weighted by molar-refractivity contribution is -0.197. The fourth-order valence-electron chi connectivity index (χ4n) is 3.51. The predicted molar refractivity (Wildman–Crippen MR) is 145 cm³/mol. The summed E-state index contributed by atoms with van der Waals surface area (Å²) >= 11 is 0. The van der Waals surface area contributed by atoms with Gasteiger partial charge in [0.1, 0.15) is 5.03 Å². The van der Waals surface area contributed by atoms with E-state index >= 15 is 0 Å². The fraction of sp³-hybridized carbons (Fsp3) is 0.400. The quantitative estimate of drug-likeness (QED) is 0.213. The maximum Gasteiger partial charge on any atom is 0.333 e. The molecule has 0 saturated carbocycles. The number of hydrogen-bond acceptors (Lipinski definition) is 10. The minimum Gasteiger partial charge on any atom is -0.352 e. The molecule has 0 radical (unpaired) electrons. The fourth-order valence-corrected chi connectivity index (χ4v) is 6.53. The summed E-state index contributed by atoms with van der Waals surface area (Å²) in [6.45, 7) is 2.51. The number of carbonyl (C=O) groups excluding carboxylic acids is 4. The highest BCUT2D eigenvalue weighted by Gasteiger charge is 2.46. The molecule has 2 aromatic rings. The highest BCUT2D eigenvalue weighted by molar-refractivity contribution is 8.76. The maximum absolute atomic E-state index is 12.4. The number of rotatable bonds is 13. The number of aromatic nitrogens is 1. The normalized spacial score (nSPS) is 16.4. The van der Waals surface area contributed by atoms with Crippen molar-refractivity contribution in [2.45, 2.75) is 54.6 Å². The van der Waals surface area contributed by atoms with E-state index < -0.39 is 39.3 Å². The second-order valence-electron chi connectivity index (χ2n) is 8.69. The van der Waals surface area contributed by atoms with Gasteiger partial charge in [-0.05, 0) is 60.4 Å². The van der Waals surface area contributed by atoms with Crippen molar-refractivity contribution in [3.8, 4) is 0 Å². The first-order chi connectivity index (χ1) is 18.1. The molecular formula is C25H29N3O7S3. The number of nitrogens with one attached hydrogen (secondary N) is 1. The number of pyridine rings is 1. The molecule has 10 nitrogen and oxygen atoms in total. The summed E-state index contributed by atoms with van der Waals surface area (Å²) < 4.78 is 23.1. The van der Waals surface area contributed by atoms with Gasteiger partial charge in [-0.25, -0.2) is 18.2 Å². The molecule has 0 spiro atoms. The number of amides is 3. The maximum atomic E-state index is 12.4. The van der Waals surface area contributed by atoms with Crippen LogP contribution >= 0.6 is 21.6 Å². The third kappa shape index (κ3) is 8.57. The van der Waals surface area contributed by atoms with Crippen LogP contribution in [0.25, 0.3) is 0 Å². The number of benzene rings is 1. The second kappa shape index (κ2) is 13.8. The SMILES string of the molecule is CC(SSc1ccccn1)c1ccc(C(=O)NCCCCCC(=O)ON2C(=O)CC(S(C)(=O)=O)C2=O)cc1. The van der Waals surface area contributed by atoms with Crippen molar-refractivity contribution >= 4 is 55.1 Å². The van der Waals surface area contributed by atoms with Crippen LogP contribution in [0, 0.1) is 0 Å². The van der Waals surface area contributed by atoms with Crippen molar-refractivity contribution in [1.29, 1.82) is 0 Å². The van der Waals surface area contributed by atoms with Gasteiger partial charge in [-0.2, -0.15) is 0 Å². The highest BCUT2D eigenvalue weighted by Crippen LogP contribution is 2.41. The smallest absolute Gasteiger partial charge is 0.333 e. The average molecular weight is 580 g/mol. The second-order valence-corrected chi connectivity index (χ2v) is 13.5. The Kier molecular flexibility index (Phi) is 10.7. The van der Waals surface area contributed by atoms with E-state index in [9.17, 15) is 27.6 Å². The van der Waals surface area contributed by atoms with Crippen molar-refractivity contribution in [2.75, 3.05) is 12.8 Å². The van der Waals surface area contributed by atoms with E-state index in [4.69, 9.17) is 4.84 Å². The number of unbranched alkanes of at least 4 members (excludes halogenated alkanes) is 2. The van der Waals surface area contributed by atoms with Crippen molar-refractivity contribution in [2.24, 2.45) is 0 Å². The predicted octanol–water partition coefficient (Wildman–Crippen LogP) is 3.50. The van der Waals surface area contributed by atoms with E-state index in [2.05, 4.69) is 17.2 Å². The summed E-state index contributed by atoms with van der Waals surface area (Å²) in [6.07, 6.45) is 3.67. The van der Waals surface area contributed by atoms with Gasteiger partial charge in [0, 0.05) is 36.2 Å². The van der Waals surface area contributed by atoms with E-state index in [-0.39, 0.29) is 22.6 Å². The van der Waals surface area contributed by atoms with Crippen molar-refractivity contribution in [1.82, 2.24) is 15.4 Å². The topological polar surface area (TPSA) is 140 Å². The molecule has 1 fully saturated rings. The zero-order valence-corrected chi connectivity index (χ0v) is 23.4. The molecular weight excluding hydrogens is 550 g/mol. The Hall–Kier alpha value is -2.90. The largest absolute Gasteiger partial charge is 0.352 e. The number of nitrogens with zero attached hydrogens (tertiary/aromatic N) is 2. The first-order valence-electron chi connectivity index (χ1n) is 11.9. The van der Waals surface area contributed by atoms with Crippen molar-refractivity contribution in [3.05, 3.63) is 59.8 Å². The molecule has 1 N–H and O–H groups in total. The summed E-state index contributed by atoms with van der Waals surface area (Å²) in [5, 5.41) is 2.74. The molecule has 3 rings (SSSR count). The molecule has 2 atom stereocenters. The van der Waals surface area contributed by atoms with E-state index in [1.165, 1.54) is 0 Å². The Balaban J connectivity index is 1.31. The van der Waals surface area contributed by atoms with Crippen LogP contribution in [0.5, 0.6) is 0 Å².